The van der Waals surface area contributed by atoms with Crippen LogP contribution >= 0.6 is 0 Å². The quantitative estimate of drug-likeness (QED) is 0.129. The molecule has 0 aliphatic rings. The van der Waals surface area contributed by atoms with E-state index in [-0.39, 0.29) is 19.0 Å². The zero-order valence-electron chi connectivity index (χ0n) is 24.8. The molecule has 3 rings (SSSR count). The number of benzene rings is 3. The summed E-state index contributed by atoms with van der Waals surface area (Å²) in [6, 6.07) is 21.0. The lowest BCUT2D eigenvalue weighted by Gasteiger charge is -2.23. The molecule has 0 aliphatic carbocycles. The van der Waals surface area contributed by atoms with Crippen molar-refractivity contribution < 1.29 is 38.1 Å². The number of fused-ring (bicyclic) bond motifs is 1. The standard InChI is InChI=1S/C34H42FNO7/c1-2-41-30(37)24-43-32(34(39)40)31(42-22-10-4-6-11-25-16-19-29(35)20-17-25)33(38)36-21-9-3-5-12-26-15-18-27-13-7-8-14-28(27)23-26/h7-8,13-20,23,31-32H,2-6,9-12,21-22,24H2,1H3,(H,36,38)(H,39,40). The molecule has 232 valence electrons. The molecule has 9 heteroatoms. The molecule has 0 fully saturated rings. The highest BCUT2D eigenvalue weighted by molar-refractivity contribution is 5.88. The van der Waals surface area contributed by atoms with Crippen molar-refractivity contribution in [3.05, 3.63) is 83.7 Å². The molecule has 0 saturated heterocycles. The number of nitrogens with one attached hydrogen (secondary N) is 1. The number of carboxylic acid groups (broad SMARTS) is 1. The van der Waals surface area contributed by atoms with Crippen LogP contribution in [0, 0.1) is 5.82 Å². The smallest absolute Gasteiger partial charge is 0.336 e. The molecule has 0 saturated carbocycles. The van der Waals surface area contributed by atoms with E-state index in [1.54, 1.807) is 19.1 Å². The van der Waals surface area contributed by atoms with Crippen LogP contribution < -0.4 is 5.32 Å². The lowest BCUT2D eigenvalue weighted by molar-refractivity contribution is -0.174. The number of rotatable bonds is 20. The van der Waals surface area contributed by atoms with Gasteiger partial charge in [0.25, 0.3) is 5.91 Å². The van der Waals surface area contributed by atoms with Crippen molar-refractivity contribution in [1.82, 2.24) is 5.32 Å². The van der Waals surface area contributed by atoms with Gasteiger partial charge in [-0.25, -0.2) is 14.0 Å². The van der Waals surface area contributed by atoms with Crippen molar-refractivity contribution in [3.63, 3.8) is 0 Å². The number of esters is 1. The summed E-state index contributed by atoms with van der Waals surface area (Å²) in [6.07, 6.45) is 3.33. The lowest BCUT2D eigenvalue weighted by Crippen LogP contribution is -2.49. The molecule has 0 radical (unpaired) electrons. The van der Waals surface area contributed by atoms with Crippen LogP contribution in [0.5, 0.6) is 0 Å². The molecule has 1 amide bonds. The van der Waals surface area contributed by atoms with Crippen LogP contribution in [0.2, 0.25) is 0 Å². The maximum Gasteiger partial charge on any atom is 0.336 e. The van der Waals surface area contributed by atoms with Crippen molar-refractivity contribution in [3.8, 4) is 0 Å². The third kappa shape index (κ3) is 12.1. The van der Waals surface area contributed by atoms with Crippen molar-refractivity contribution in [2.24, 2.45) is 0 Å². The van der Waals surface area contributed by atoms with Gasteiger partial charge in [0.1, 0.15) is 12.4 Å². The van der Waals surface area contributed by atoms with Gasteiger partial charge in [0.15, 0.2) is 12.2 Å². The van der Waals surface area contributed by atoms with E-state index < -0.39 is 36.7 Å². The van der Waals surface area contributed by atoms with E-state index in [2.05, 4.69) is 35.6 Å². The fourth-order valence-corrected chi connectivity index (χ4v) is 4.76. The van der Waals surface area contributed by atoms with Crippen LogP contribution in [0.3, 0.4) is 0 Å². The molecule has 2 atom stereocenters. The average molecular weight is 596 g/mol. The van der Waals surface area contributed by atoms with E-state index in [1.807, 2.05) is 12.1 Å². The Hall–Kier alpha value is -3.82. The second-order valence-electron chi connectivity index (χ2n) is 10.4. The third-order valence-electron chi connectivity index (χ3n) is 7.04. The Kier molecular flexibility index (Phi) is 14.6. The predicted octanol–water partition coefficient (Wildman–Crippen LogP) is 5.64. The zero-order chi connectivity index (χ0) is 30.9. The number of hydrogen-bond donors (Lipinski definition) is 2. The minimum absolute atomic E-state index is 0.124. The van der Waals surface area contributed by atoms with Gasteiger partial charge < -0.3 is 24.6 Å². The number of aliphatic carboxylic acids is 1. The molecule has 2 unspecified atom stereocenters. The van der Waals surface area contributed by atoms with E-state index in [9.17, 15) is 23.9 Å². The molecule has 0 bridgehead atoms. The highest BCUT2D eigenvalue weighted by Gasteiger charge is 2.36. The Labute approximate surface area is 252 Å². The number of unbranched alkanes of at least 4 members (excludes halogenated alkanes) is 4. The molecule has 43 heavy (non-hydrogen) atoms. The van der Waals surface area contributed by atoms with Gasteiger partial charge in [0.05, 0.1) is 6.61 Å². The second kappa shape index (κ2) is 18.7. The molecular weight excluding hydrogens is 553 g/mol. The van der Waals surface area contributed by atoms with E-state index in [0.717, 1.165) is 50.5 Å². The van der Waals surface area contributed by atoms with Crippen molar-refractivity contribution >= 4 is 28.6 Å². The van der Waals surface area contributed by atoms with Gasteiger partial charge in [0.2, 0.25) is 0 Å². The number of aryl methyl sites for hydroxylation is 2. The summed E-state index contributed by atoms with van der Waals surface area (Å²) < 4.78 is 28.9. The minimum Gasteiger partial charge on any atom is -0.479 e. The second-order valence-corrected chi connectivity index (χ2v) is 10.4. The monoisotopic (exact) mass is 595 g/mol. The molecular formula is C34H42FNO7. The summed E-state index contributed by atoms with van der Waals surface area (Å²) in [4.78, 5) is 36.8. The summed E-state index contributed by atoms with van der Waals surface area (Å²) >= 11 is 0. The average Bonchev–Trinajstić information content (AvgIpc) is 3.00. The summed E-state index contributed by atoms with van der Waals surface area (Å²) in [5.41, 5.74) is 2.28. The maximum atomic E-state index is 13.1. The first-order chi connectivity index (χ1) is 20.9. The highest BCUT2D eigenvalue weighted by Crippen LogP contribution is 2.17. The molecule has 3 aromatic rings. The molecule has 0 aliphatic heterocycles. The van der Waals surface area contributed by atoms with Crippen LogP contribution in [0.25, 0.3) is 10.8 Å². The fourth-order valence-electron chi connectivity index (χ4n) is 4.76. The Bertz CT molecular complexity index is 1300. The van der Waals surface area contributed by atoms with Gasteiger partial charge in [-0.05, 0) is 79.5 Å². The number of amides is 1. The van der Waals surface area contributed by atoms with Crippen LogP contribution in [0.1, 0.15) is 56.6 Å². The van der Waals surface area contributed by atoms with E-state index >= 15 is 0 Å². The van der Waals surface area contributed by atoms with Crippen LogP contribution in [0.4, 0.5) is 4.39 Å². The summed E-state index contributed by atoms with van der Waals surface area (Å²) in [7, 11) is 0. The predicted molar refractivity (Wildman–Crippen MR) is 162 cm³/mol. The van der Waals surface area contributed by atoms with Gasteiger partial charge in [-0.3, -0.25) is 4.79 Å². The highest BCUT2D eigenvalue weighted by atomic mass is 19.1. The van der Waals surface area contributed by atoms with Gasteiger partial charge in [-0.2, -0.15) is 0 Å². The van der Waals surface area contributed by atoms with Crippen LogP contribution in [-0.4, -0.2) is 61.5 Å². The van der Waals surface area contributed by atoms with Gasteiger partial charge >= 0.3 is 11.9 Å². The first-order valence-corrected chi connectivity index (χ1v) is 15.0. The molecule has 0 heterocycles. The topological polar surface area (TPSA) is 111 Å². The number of hydrogen-bond acceptors (Lipinski definition) is 6. The zero-order valence-corrected chi connectivity index (χ0v) is 24.8. The van der Waals surface area contributed by atoms with Crippen LogP contribution in [0.15, 0.2) is 66.7 Å². The Morgan fingerprint density at radius 2 is 1.47 bits per heavy atom. The van der Waals surface area contributed by atoms with Crippen molar-refractivity contribution in [2.75, 3.05) is 26.4 Å². The van der Waals surface area contributed by atoms with Crippen LogP contribution in [-0.2, 0) is 41.4 Å². The summed E-state index contributed by atoms with van der Waals surface area (Å²) in [5, 5.41) is 15.0. The normalized spacial score (nSPS) is 12.5. The van der Waals surface area contributed by atoms with Crippen molar-refractivity contribution in [2.45, 2.75) is 70.5 Å². The Morgan fingerprint density at radius 3 is 2.19 bits per heavy atom. The first kappa shape index (κ1) is 33.7. The van der Waals surface area contributed by atoms with E-state index in [4.69, 9.17) is 14.2 Å². The largest absolute Gasteiger partial charge is 0.479 e. The number of carbonyl (C=O) groups excluding carboxylic acids is 2. The molecule has 0 spiro atoms. The van der Waals surface area contributed by atoms with Gasteiger partial charge in [-0.15, -0.1) is 0 Å². The number of carboxylic acids is 1. The van der Waals surface area contributed by atoms with Crippen molar-refractivity contribution in [1.29, 1.82) is 0 Å². The number of halogens is 1. The van der Waals surface area contributed by atoms with Gasteiger partial charge in [0, 0.05) is 13.2 Å². The molecule has 0 aromatic heterocycles. The maximum absolute atomic E-state index is 13.1. The molecule has 3 aromatic carbocycles. The summed E-state index contributed by atoms with van der Waals surface area (Å²) in [5.74, 6) is -3.01. The molecule has 2 N–H and O–H groups in total. The number of carbonyl (C=O) groups is 3. The lowest BCUT2D eigenvalue weighted by atomic mass is 10.0. The Morgan fingerprint density at radius 1 is 0.791 bits per heavy atom. The molecule has 8 nitrogen and oxygen atoms in total. The van der Waals surface area contributed by atoms with E-state index in [0.29, 0.717) is 13.0 Å². The minimum atomic E-state index is -1.67. The summed E-state index contributed by atoms with van der Waals surface area (Å²) in [6.45, 7) is 1.64. The van der Waals surface area contributed by atoms with E-state index in [1.165, 1.54) is 28.5 Å². The SMILES string of the molecule is CCOC(=O)COC(C(=O)O)C(OCCCCCc1ccc(F)cc1)C(=O)NCCCCCc1ccc2ccccc2c1. The first-order valence-electron chi connectivity index (χ1n) is 15.0. The Balaban J connectivity index is 1.45. The fraction of sp³-hybridized carbons (Fsp3) is 0.441. The number of ether oxygens (including phenoxy) is 3. The van der Waals surface area contributed by atoms with Gasteiger partial charge in [-0.1, -0.05) is 67.4 Å². The third-order valence-corrected chi connectivity index (χ3v) is 7.04.